The largest absolute Gasteiger partial charge is 0.391 e. The molecule has 0 aliphatic rings. The molecular weight excluding hydrogens is 114 g/mol. The Kier molecular flexibility index (Phi) is 2.65. The van der Waals surface area contributed by atoms with Crippen molar-refractivity contribution in [2.75, 3.05) is 0 Å². The van der Waals surface area contributed by atoms with Gasteiger partial charge in [0.05, 0.1) is 6.10 Å². The van der Waals surface area contributed by atoms with Crippen LogP contribution >= 0.6 is 0 Å². The van der Waals surface area contributed by atoms with Crippen molar-refractivity contribution < 1.29 is 5.11 Å². The van der Waals surface area contributed by atoms with Crippen LogP contribution in [0, 0.1) is 5.41 Å². The van der Waals surface area contributed by atoms with Gasteiger partial charge in [-0.1, -0.05) is 20.8 Å². The Morgan fingerprint density at radius 1 is 1.33 bits per heavy atom. The van der Waals surface area contributed by atoms with Crippen LogP contribution in [-0.2, 0) is 0 Å². The first-order valence-electron chi connectivity index (χ1n) is 3.29. The van der Waals surface area contributed by atoms with E-state index in [1.807, 2.05) is 27.7 Å². The molecule has 0 saturated carbocycles. The minimum atomic E-state index is -0.405. The minimum absolute atomic E-state index is 0.0891. The van der Waals surface area contributed by atoms with Crippen molar-refractivity contribution in [3.63, 3.8) is 0 Å². The highest BCUT2D eigenvalue weighted by atomic mass is 16.3. The molecule has 0 aliphatic heterocycles. The fourth-order valence-electron chi connectivity index (χ4n) is 0.789. The normalized spacial score (nSPS) is 19.3. The van der Waals surface area contributed by atoms with Gasteiger partial charge in [0.2, 0.25) is 0 Å². The van der Waals surface area contributed by atoms with Crippen molar-refractivity contribution in [1.29, 1.82) is 0 Å². The van der Waals surface area contributed by atoms with Gasteiger partial charge >= 0.3 is 0 Å². The van der Waals surface area contributed by atoms with E-state index in [1.165, 1.54) is 0 Å². The predicted octanol–water partition coefficient (Wildman–Crippen LogP) is 0.741. The number of nitrogens with two attached hydrogens (primary N) is 1. The number of aliphatic hydroxyl groups excluding tert-OH is 1. The van der Waals surface area contributed by atoms with E-state index < -0.39 is 6.10 Å². The Balaban J connectivity index is 3.88. The molecule has 56 valence electrons. The van der Waals surface area contributed by atoms with Gasteiger partial charge in [0.25, 0.3) is 0 Å². The van der Waals surface area contributed by atoms with E-state index in [4.69, 9.17) is 5.73 Å². The lowest BCUT2D eigenvalue weighted by atomic mass is 9.86. The minimum Gasteiger partial charge on any atom is -0.391 e. The first kappa shape index (κ1) is 8.92. The van der Waals surface area contributed by atoms with E-state index >= 15 is 0 Å². The Morgan fingerprint density at radius 3 is 1.67 bits per heavy atom. The van der Waals surface area contributed by atoms with Gasteiger partial charge in [-0.15, -0.1) is 0 Å². The van der Waals surface area contributed by atoms with Gasteiger partial charge in [-0.2, -0.15) is 0 Å². The van der Waals surface area contributed by atoms with Crippen molar-refractivity contribution in [2.45, 2.75) is 39.8 Å². The van der Waals surface area contributed by atoms with Crippen molar-refractivity contribution in [3.8, 4) is 0 Å². The predicted molar refractivity (Wildman–Crippen MR) is 39.1 cm³/mol. The molecule has 0 heterocycles. The van der Waals surface area contributed by atoms with Crippen molar-refractivity contribution in [3.05, 3.63) is 0 Å². The molecule has 2 heteroatoms. The molecule has 2 atom stereocenters. The topological polar surface area (TPSA) is 46.2 Å². The molecule has 0 aliphatic carbocycles. The fourth-order valence-corrected chi connectivity index (χ4v) is 0.789. The van der Waals surface area contributed by atoms with Crippen LogP contribution in [-0.4, -0.2) is 17.3 Å². The maximum Gasteiger partial charge on any atom is 0.0736 e. The summed E-state index contributed by atoms with van der Waals surface area (Å²) in [6.07, 6.45) is -0.405. The summed E-state index contributed by atoms with van der Waals surface area (Å²) in [6, 6.07) is -0.134. The van der Waals surface area contributed by atoms with Crippen LogP contribution in [0.3, 0.4) is 0 Å². The Bertz CT molecular complexity index is 83.4. The van der Waals surface area contributed by atoms with Gasteiger partial charge in [-0.25, -0.2) is 0 Å². The zero-order chi connectivity index (χ0) is 7.65. The van der Waals surface area contributed by atoms with Crippen molar-refractivity contribution in [1.82, 2.24) is 0 Å². The molecule has 0 spiro atoms. The molecule has 3 N–H and O–H groups in total. The average Bonchev–Trinajstić information content (AvgIpc) is 1.62. The highest BCUT2D eigenvalue weighted by Crippen LogP contribution is 2.20. The molecule has 0 fully saturated rings. The van der Waals surface area contributed by atoms with E-state index in [0.717, 1.165) is 0 Å². The second kappa shape index (κ2) is 2.67. The van der Waals surface area contributed by atoms with Crippen LogP contribution < -0.4 is 5.73 Å². The highest BCUT2D eigenvalue weighted by molar-refractivity contribution is 4.78. The number of aliphatic hydroxyl groups is 1. The molecule has 0 bridgehead atoms. The Hall–Kier alpha value is -0.0800. The molecule has 9 heavy (non-hydrogen) atoms. The molecule has 0 radical (unpaired) electrons. The van der Waals surface area contributed by atoms with Gasteiger partial charge in [0.1, 0.15) is 0 Å². The average molecular weight is 131 g/mol. The Morgan fingerprint density at radius 2 is 1.67 bits per heavy atom. The molecule has 0 rings (SSSR count). The quantitative estimate of drug-likeness (QED) is 0.551. The van der Waals surface area contributed by atoms with E-state index in [1.54, 1.807) is 0 Å². The first-order valence-corrected chi connectivity index (χ1v) is 3.29. The zero-order valence-electron chi connectivity index (χ0n) is 6.68. The maximum absolute atomic E-state index is 9.34. The lowest BCUT2D eigenvalue weighted by Gasteiger charge is -2.28. The molecule has 2 nitrogen and oxygen atoms in total. The summed E-state index contributed by atoms with van der Waals surface area (Å²) in [7, 11) is 0. The third-order valence-corrected chi connectivity index (χ3v) is 1.39. The maximum atomic E-state index is 9.34. The van der Waals surface area contributed by atoms with Crippen molar-refractivity contribution in [2.24, 2.45) is 11.1 Å². The van der Waals surface area contributed by atoms with Crippen LogP contribution in [0.15, 0.2) is 0 Å². The summed E-state index contributed by atoms with van der Waals surface area (Å²) in [6.45, 7) is 7.74. The smallest absolute Gasteiger partial charge is 0.0736 e. The standard InChI is InChI=1S/C7H17NO/c1-5(8)6(9)7(2,3)4/h5-6,9H,8H2,1-4H3. The molecule has 0 saturated heterocycles. The van der Waals surface area contributed by atoms with Gasteiger partial charge in [0.15, 0.2) is 0 Å². The molecule has 0 aromatic heterocycles. The molecular formula is C7H17NO. The second-order valence-corrected chi connectivity index (χ2v) is 3.67. The van der Waals surface area contributed by atoms with Crippen LogP contribution in [0.5, 0.6) is 0 Å². The van der Waals surface area contributed by atoms with E-state index in [-0.39, 0.29) is 11.5 Å². The second-order valence-electron chi connectivity index (χ2n) is 3.67. The SMILES string of the molecule is CC(N)C(O)C(C)(C)C. The summed E-state index contributed by atoms with van der Waals surface area (Å²) >= 11 is 0. The van der Waals surface area contributed by atoms with Gasteiger partial charge in [-0.05, 0) is 12.3 Å². The highest BCUT2D eigenvalue weighted by Gasteiger charge is 2.24. The monoisotopic (exact) mass is 131 g/mol. The first-order chi connectivity index (χ1) is 3.85. The van der Waals surface area contributed by atoms with E-state index in [0.29, 0.717) is 0 Å². The fraction of sp³-hybridized carbons (Fsp3) is 1.00. The summed E-state index contributed by atoms with van der Waals surface area (Å²) in [5.41, 5.74) is 5.38. The number of hydrogen-bond acceptors (Lipinski definition) is 2. The van der Waals surface area contributed by atoms with Crippen LogP contribution in [0.1, 0.15) is 27.7 Å². The third-order valence-electron chi connectivity index (χ3n) is 1.39. The van der Waals surface area contributed by atoms with Crippen LogP contribution in [0.25, 0.3) is 0 Å². The van der Waals surface area contributed by atoms with E-state index in [9.17, 15) is 5.11 Å². The summed E-state index contributed by atoms with van der Waals surface area (Å²) in [4.78, 5) is 0. The number of rotatable bonds is 1. The molecule has 2 unspecified atom stereocenters. The summed E-state index contributed by atoms with van der Waals surface area (Å²) in [5, 5.41) is 9.34. The Labute approximate surface area is 57.1 Å². The van der Waals surface area contributed by atoms with Crippen LogP contribution in [0.2, 0.25) is 0 Å². The van der Waals surface area contributed by atoms with Crippen LogP contribution in [0.4, 0.5) is 0 Å². The van der Waals surface area contributed by atoms with Crippen molar-refractivity contribution >= 4 is 0 Å². The third kappa shape index (κ3) is 2.82. The number of hydrogen-bond donors (Lipinski definition) is 2. The van der Waals surface area contributed by atoms with E-state index in [2.05, 4.69) is 0 Å². The molecule has 0 aromatic carbocycles. The molecule has 0 aromatic rings. The summed E-state index contributed by atoms with van der Waals surface area (Å²) < 4.78 is 0. The lowest BCUT2D eigenvalue weighted by molar-refractivity contribution is 0.0455. The van der Waals surface area contributed by atoms with Gasteiger partial charge in [0, 0.05) is 6.04 Å². The van der Waals surface area contributed by atoms with Gasteiger partial charge < -0.3 is 10.8 Å². The molecule has 0 amide bonds. The zero-order valence-corrected chi connectivity index (χ0v) is 6.68. The lowest BCUT2D eigenvalue weighted by Crippen LogP contribution is -2.41. The van der Waals surface area contributed by atoms with Gasteiger partial charge in [-0.3, -0.25) is 0 Å². The summed E-state index contributed by atoms with van der Waals surface area (Å²) in [5.74, 6) is 0.